The fraction of sp³-hybridized carbons (Fsp3) is 0.0769. The molecule has 2 amide bonds. The highest BCUT2D eigenvalue weighted by molar-refractivity contribution is 6.12. The normalized spacial score (nSPS) is 10.4. The lowest BCUT2D eigenvalue weighted by atomic mass is 9.94. The van der Waals surface area contributed by atoms with E-state index in [4.69, 9.17) is 0 Å². The van der Waals surface area contributed by atoms with Gasteiger partial charge in [-0.3, -0.25) is 9.59 Å². The van der Waals surface area contributed by atoms with Gasteiger partial charge in [0.15, 0.2) is 0 Å². The molecule has 0 spiro atoms. The largest absolute Gasteiger partial charge is 0.307 e. The summed E-state index contributed by atoms with van der Waals surface area (Å²) in [6.45, 7) is 3.73. The highest BCUT2D eigenvalue weighted by Crippen LogP contribution is 2.28. The average molecular weight is 422 g/mol. The first-order valence-corrected chi connectivity index (χ1v) is 10.2. The lowest BCUT2D eigenvalue weighted by Gasteiger charge is -2.14. The van der Waals surface area contributed by atoms with Crippen molar-refractivity contribution >= 4 is 23.5 Å². The van der Waals surface area contributed by atoms with Gasteiger partial charge in [-0.05, 0) is 61.4 Å². The van der Waals surface area contributed by atoms with Crippen LogP contribution in [0.15, 0.2) is 84.9 Å². The van der Waals surface area contributed by atoms with Crippen LogP contribution in [0.2, 0.25) is 0 Å². The minimum Gasteiger partial charge on any atom is -0.307 e. The number of carbonyl (C=O) groups excluding carboxylic acids is 2. The van der Waals surface area contributed by atoms with E-state index in [1.165, 1.54) is 0 Å². The van der Waals surface area contributed by atoms with Gasteiger partial charge < -0.3 is 10.6 Å². The molecule has 2 heterocycles. The quantitative estimate of drug-likeness (QED) is 0.459. The number of nitrogens with zero attached hydrogens (tertiary/aromatic N) is 2. The summed E-state index contributed by atoms with van der Waals surface area (Å²) in [6, 6.07) is 25.3. The lowest BCUT2D eigenvalue weighted by Crippen LogP contribution is -2.16. The van der Waals surface area contributed by atoms with Gasteiger partial charge in [0, 0.05) is 22.5 Å². The molecule has 0 saturated carbocycles. The van der Waals surface area contributed by atoms with Crippen LogP contribution >= 0.6 is 0 Å². The Labute approximate surface area is 186 Å². The Balaban J connectivity index is 1.68. The number of nitrogens with one attached hydrogen (secondary N) is 2. The topological polar surface area (TPSA) is 84.0 Å². The average Bonchev–Trinajstić information content (AvgIpc) is 2.79. The van der Waals surface area contributed by atoms with Crippen molar-refractivity contribution in [1.29, 1.82) is 0 Å². The van der Waals surface area contributed by atoms with E-state index >= 15 is 0 Å². The second-order valence-corrected chi connectivity index (χ2v) is 7.33. The first-order chi connectivity index (χ1) is 15.5. The van der Waals surface area contributed by atoms with Gasteiger partial charge in [0.1, 0.15) is 11.6 Å². The van der Waals surface area contributed by atoms with Crippen LogP contribution in [0, 0.1) is 13.8 Å². The molecule has 0 saturated heterocycles. The van der Waals surface area contributed by atoms with Crippen molar-refractivity contribution in [2.24, 2.45) is 0 Å². The molecule has 0 bridgehead atoms. The van der Waals surface area contributed by atoms with Crippen molar-refractivity contribution in [2.45, 2.75) is 13.8 Å². The highest BCUT2D eigenvalue weighted by atomic mass is 16.2. The summed E-state index contributed by atoms with van der Waals surface area (Å²) in [4.78, 5) is 34.8. The van der Waals surface area contributed by atoms with Crippen LogP contribution in [0.5, 0.6) is 0 Å². The van der Waals surface area contributed by atoms with Gasteiger partial charge in [0.05, 0.1) is 0 Å². The number of hydrogen-bond acceptors (Lipinski definition) is 4. The number of carbonyl (C=O) groups is 2. The van der Waals surface area contributed by atoms with Crippen molar-refractivity contribution < 1.29 is 9.59 Å². The van der Waals surface area contributed by atoms with Crippen molar-refractivity contribution in [1.82, 2.24) is 9.97 Å². The van der Waals surface area contributed by atoms with Crippen molar-refractivity contribution in [3.63, 3.8) is 0 Å². The number of benzene rings is 2. The molecule has 6 nitrogen and oxygen atoms in total. The van der Waals surface area contributed by atoms with Gasteiger partial charge in [0.25, 0.3) is 11.8 Å². The van der Waals surface area contributed by atoms with Crippen LogP contribution in [0.1, 0.15) is 32.1 Å². The Kier molecular flexibility index (Phi) is 6.03. The Morgan fingerprint density at radius 1 is 0.562 bits per heavy atom. The second kappa shape index (κ2) is 9.22. The summed E-state index contributed by atoms with van der Waals surface area (Å²) in [5.41, 5.74) is 3.82. The second-order valence-electron chi connectivity index (χ2n) is 7.33. The van der Waals surface area contributed by atoms with Gasteiger partial charge in [-0.1, -0.05) is 48.5 Å². The number of amides is 2. The predicted molar refractivity (Wildman–Crippen MR) is 126 cm³/mol. The monoisotopic (exact) mass is 422 g/mol. The molecule has 4 aromatic rings. The number of aryl methyl sites for hydroxylation is 2. The number of hydrogen-bond donors (Lipinski definition) is 2. The molecule has 0 aliphatic carbocycles. The van der Waals surface area contributed by atoms with E-state index in [2.05, 4.69) is 20.6 Å². The van der Waals surface area contributed by atoms with Gasteiger partial charge in [-0.25, -0.2) is 9.97 Å². The maximum Gasteiger partial charge on any atom is 0.257 e. The summed E-state index contributed by atoms with van der Waals surface area (Å²) < 4.78 is 0. The van der Waals surface area contributed by atoms with Crippen LogP contribution in [0.3, 0.4) is 0 Å². The third kappa shape index (κ3) is 4.70. The van der Waals surface area contributed by atoms with Crippen LogP contribution in [-0.4, -0.2) is 21.8 Å². The molecule has 2 aromatic carbocycles. The van der Waals surface area contributed by atoms with E-state index in [1.54, 1.807) is 36.4 Å². The summed E-state index contributed by atoms with van der Waals surface area (Å²) in [5.74, 6) is 0.353. The van der Waals surface area contributed by atoms with Crippen molar-refractivity contribution in [2.75, 3.05) is 10.6 Å². The van der Waals surface area contributed by atoms with Gasteiger partial charge in [0.2, 0.25) is 0 Å². The number of aromatic nitrogens is 2. The number of pyridine rings is 2. The molecule has 0 radical (unpaired) electrons. The molecule has 158 valence electrons. The maximum atomic E-state index is 13.1. The van der Waals surface area contributed by atoms with Gasteiger partial charge in [-0.2, -0.15) is 0 Å². The van der Waals surface area contributed by atoms with Crippen LogP contribution in [-0.2, 0) is 0 Å². The fourth-order valence-corrected chi connectivity index (χ4v) is 3.42. The van der Waals surface area contributed by atoms with E-state index < -0.39 is 0 Å². The molecule has 2 aromatic heterocycles. The first-order valence-electron chi connectivity index (χ1n) is 10.2. The predicted octanol–water partition coefficient (Wildman–Crippen LogP) is 5.27. The molecule has 6 heteroatoms. The molecule has 32 heavy (non-hydrogen) atoms. The Hall–Kier alpha value is -4.32. The molecular weight excluding hydrogens is 400 g/mol. The lowest BCUT2D eigenvalue weighted by molar-refractivity contribution is 0.101. The molecular formula is C26H22N4O2. The molecule has 0 fully saturated rings. The summed E-state index contributed by atoms with van der Waals surface area (Å²) in [5, 5.41) is 5.69. The summed E-state index contributed by atoms with van der Waals surface area (Å²) in [7, 11) is 0. The number of anilines is 2. The Bertz CT molecular complexity index is 1200. The zero-order valence-electron chi connectivity index (χ0n) is 17.8. The highest BCUT2D eigenvalue weighted by Gasteiger charge is 2.18. The molecule has 0 aliphatic heterocycles. The Morgan fingerprint density at radius 3 is 1.38 bits per heavy atom. The maximum absolute atomic E-state index is 13.1. The van der Waals surface area contributed by atoms with E-state index in [0.29, 0.717) is 33.9 Å². The van der Waals surface area contributed by atoms with Gasteiger partial charge >= 0.3 is 0 Å². The minimum absolute atomic E-state index is 0.297. The summed E-state index contributed by atoms with van der Waals surface area (Å²) in [6.07, 6.45) is 0. The smallest absolute Gasteiger partial charge is 0.257 e. The molecule has 0 atom stereocenters. The third-order valence-corrected chi connectivity index (χ3v) is 4.89. The van der Waals surface area contributed by atoms with Crippen molar-refractivity contribution in [3.05, 3.63) is 107 Å². The zero-order chi connectivity index (χ0) is 22.5. The van der Waals surface area contributed by atoms with E-state index in [0.717, 1.165) is 11.4 Å². The first kappa shape index (κ1) is 20.9. The SMILES string of the molecule is Cc1cccc(NC(=O)c2ccccc2-c2ccccc2C(=O)Nc2cccc(C)n2)n1. The van der Waals surface area contributed by atoms with Crippen LogP contribution in [0.4, 0.5) is 11.6 Å². The standard InChI is InChI=1S/C26H22N4O2/c1-17-9-7-15-23(27-17)29-25(31)21-13-5-3-11-19(21)20-12-4-6-14-22(20)26(32)30-24-16-8-10-18(2)28-24/h3-16H,1-2H3,(H,27,29,31)(H,28,30,32). The molecule has 0 unspecified atom stereocenters. The summed E-state index contributed by atoms with van der Waals surface area (Å²) >= 11 is 0. The van der Waals surface area contributed by atoms with E-state index in [-0.39, 0.29) is 11.8 Å². The van der Waals surface area contributed by atoms with Gasteiger partial charge in [-0.15, -0.1) is 0 Å². The molecule has 2 N–H and O–H groups in total. The van der Waals surface area contributed by atoms with Crippen LogP contribution < -0.4 is 10.6 Å². The fourth-order valence-electron chi connectivity index (χ4n) is 3.42. The van der Waals surface area contributed by atoms with E-state index in [9.17, 15) is 9.59 Å². The van der Waals surface area contributed by atoms with Crippen molar-refractivity contribution in [3.8, 4) is 11.1 Å². The third-order valence-electron chi connectivity index (χ3n) is 4.89. The minimum atomic E-state index is -0.297. The number of rotatable bonds is 5. The Morgan fingerprint density at radius 2 is 0.969 bits per heavy atom. The van der Waals surface area contributed by atoms with Crippen LogP contribution in [0.25, 0.3) is 11.1 Å². The molecule has 0 aliphatic rings. The van der Waals surface area contributed by atoms with E-state index in [1.807, 2.05) is 62.4 Å². The zero-order valence-corrected chi connectivity index (χ0v) is 17.8. The molecule has 4 rings (SSSR count).